The second-order valence-corrected chi connectivity index (χ2v) is 6.31. The molecule has 0 spiro atoms. The van der Waals surface area contributed by atoms with Gasteiger partial charge in [-0.15, -0.1) is 0 Å². The number of pyridine rings is 1. The number of nitrogens with one attached hydrogen (secondary N) is 2. The first-order valence-corrected chi connectivity index (χ1v) is 8.56. The number of H-pyrrole nitrogens is 1. The van der Waals surface area contributed by atoms with Crippen molar-refractivity contribution in [2.45, 2.75) is 33.1 Å². The number of rotatable bonds is 5. The highest BCUT2D eigenvalue weighted by molar-refractivity contribution is 5.91. The number of fused-ring (bicyclic) bond motifs is 1. The zero-order chi connectivity index (χ0) is 17.8. The molecule has 0 atom stereocenters. The Hall–Kier alpha value is -2.88. The summed E-state index contributed by atoms with van der Waals surface area (Å²) in [7, 11) is 0. The van der Waals surface area contributed by atoms with E-state index >= 15 is 0 Å². The summed E-state index contributed by atoms with van der Waals surface area (Å²) in [6.45, 7) is 4.11. The van der Waals surface area contributed by atoms with Crippen molar-refractivity contribution in [2.24, 2.45) is 0 Å². The summed E-state index contributed by atoms with van der Waals surface area (Å²) in [6, 6.07) is 15.6. The molecule has 0 aliphatic heterocycles. The third-order valence-electron chi connectivity index (χ3n) is 4.34. The number of aromatic nitrogens is 1. The smallest absolute Gasteiger partial charge is 0.251 e. The van der Waals surface area contributed by atoms with E-state index in [0.717, 1.165) is 28.6 Å². The maximum atomic E-state index is 12.2. The Morgan fingerprint density at radius 3 is 2.56 bits per heavy atom. The largest absolute Gasteiger partial charge is 0.326 e. The Morgan fingerprint density at radius 2 is 1.84 bits per heavy atom. The first kappa shape index (κ1) is 17.0. The summed E-state index contributed by atoms with van der Waals surface area (Å²) < 4.78 is 0. The Morgan fingerprint density at radius 1 is 1.08 bits per heavy atom. The van der Waals surface area contributed by atoms with Crippen molar-refractivity contribution < 1.29 is 4.79 Å². The standard InChI is InChI=1S/C21H22N2O2/c1-3-15-5-8-18(9-6-15)22-20(24)11-7-16-13-17-12-14(2)4-10-19(17)23-21(16)25/h4-6,8-10,12-13H,3,7,11H2,1-2H3,(H,22,24)(H,23,25). The number of aromatic amines is 1. The van der Waals surface area contributed by atoms with E-state index < -0.39 is 0 Å². The monoisotopic (exact) mass is 334 g/mol. The van der Waals surface area contributed by atoms with Crippen LogP contribution in [0.4, 0.5) is 5.69 Å². The second-order valence-electron chi connectivity index (χ2n) is 6.31. The van der Waals surface area contributed by atoms with Gasteiger partial charge in [0.25, 0.3) is 5.56 Å². The summed E-state index contributed by atoms with van der Waals surface area (Å²) >= 11 is 0. The van der Waals surface area contributed by atoms with Crippen LogP contribution in [0.1, 0.15) is 30.0 Å². The molecule has 3 rings (SSSR count). The topological polar surface area (TPSA) is 62.0 Å². The molecule has 2 aromatic carbocycles. The molecule has 4 heteroatoms. The fraction of sp³-hybridized carbons (Fsp3) is 0.238. The highest BCUT2D eigenvalue weighted by atomic mass is 16.1. The summed E-state index contributed by atoms with van der Waals surface area (Å²) in [6.07, 6.45) is 1.66. The van der Waals surface area contributed by atoms with Gasteiger partial charge in [0.05, 0.1) is 0 Å². The van der Waals surface area contributed by atoms with Crippen LogP contribution >= 0.6 is 0 Å². The third-order valence-corrected chi connectivity index (χ3v) is 4.34. The van der Waals surface area contributed by atoms with Crippen molar-refractivity contribution in [2.75, 3.05) is 5.32 Å². The van der Waals surface area contributed by atoms with Gasteiger partial charge in [-0.05, 0) is 61.0 Å². The van der Waals surface area contributed by atoms with Gasteiger partial charge in [-0.1, -0.05) is 30.7 Å². The van der Waals surface area contributed by atoms with Gasteiger partial charge in [0.2, 0.25) is 5.91 Å². The second kappa shape index (κ2) is 7.34. The van der Waals surface area contributed by atoms with Crippen LogP contribution < -0.4 is 10.9 Å². The molecule has 1 heterocycles. The van der Waals surface area contributed by atoms with Crippen molar-refractivity contribution in [1.82, 2.24) is 4.98 Å². The van der Waals surface area contributed by atoms with E-state index in [1.54, 1.807) is 0 Å². The minimum Gasteiger partial charge on any atom is -0.326 e. The predicted molar refractivity (Wildman–Crippen MR) is 102 cm³/mol. The quantitative estimate of drug-likeness (QED) is 0.741. The van der Waals surface area contributed by atoms with Crippen molar-refractivity contribution >= 4 is 22.5 Å². The van der Waals surface area contributed by atoms with Crippen molar-refractivity contribution in [3.8, 4) is 0 Å². The van der Waals surface area contributed by atoms with E-state index in [2.05, 4.69) is 17.2 Å². The predicted octanol–water partition coefficient (Wildman–Crippen LogP) is 3.97. The number of amides is 1. The average molecular weight is 334 g/mol. The molecule has 25 heavy (non-hydrogen) atoms. The summed E-state index contributed by atoms with van der Waals surface area (Å²) in [5, 5.41) is 3.87. The number of hydrogen-bond donors (Lipinski definition) is 2. The van der Waals surface area contributed by atoms with Crippen molar-refractivity contribution in [1.29, 1.82) is 0 Å². The average Bonchev–Trinajstić information content (AvgIpc) is 2.61. The number of carbonyl (C=O) groups excluding carboxylic acids is 1. The molecule has 3 aromatic rings. The molecule has 0 aliphatic carbocycles. The van der Waals surface area contributed by atoms with Gasteiger partial charge >= 0.3 is 0 Å². The fourth-order valence-corrected chi connectivity index (χ4v) is 2.85. The van der Waals surface area contributed by atoms with Gasteiger partial charge < -0.3 is 10.3 Å². The van der Waals surface area contributed by atoms with E-state index in [1.165, 1.54) is 5.56 Å². The molecule has 1 aromatic heterocycles. The molecule has 0 saturated heterocycles. The van der Waals surface area contributed by atoms with Crippen molar-refractivity contribution in [3.05, 3.63) is 75.6 Å². The number of hydrogen-bond acceptors (Lipinski definition) is 2. The molecule has 0 fully saturated rings. The van der Waals surface area contributed by atoms with Gasteiger partial charge in [0.1, 0.15) is 0 Å². The van der Waals surface area contributed by atoms with E-state index in [-0.39, 0.29) is 17.9 Å². The van der Waals surface area contributed by atoms with Crippen LogP contribution in [0.15, 0.2) is 53.3 Å². The minimum atomic E-state index is -0.128. The van der Waals surface area contributed by atoms with Crippen LogP contribution in [-0.4, -0.2) is 10.9 Å². The molecule has 1 amide bonds. The molecule has 0 bridgehead atoms. The third kappa shape index (κ3) is 4.15. The van der Waals surface area contributed by atoms with Crippen molar-refractivity contribution in [3.63, 3.8) is 0 Å². The molecular formula is C21H22N2O2. The maximum Gasteiger partial charge on any atom is 0.251 e. The van der Waals surface area contributed by atoms with E-state index in [0.29, 0.717) is 12.0 Å². The lowest BCUT2D eigenvalue weighted by atomic mass is 10.1. The van der Waals surface area contributed by atoms with Crippen LogP contribution in [0.2, 0.25) is 0 Å². The zero-order valence-electron chi connectivity index (χ0n) is 14.6. The first-order chi connectivity index (χ1) is 12.0. The molecule has 0 aliphatic rings. The molecule has 128 valence electrons. The summed E-state index contributed by atoms with van der Waals surface area (Å²) in [4.78, 5) is 27.2. The van der Waals surface area contributed by atoms with Gasteiger partial charge in [-0.2, -0.15) is 0 Å². The molecule has 0 unspecified atom stereocenters. The number of carbonyl (C=O) groups is 1. The SMILES string of the molecule is CCc1ccc(NC(=O)CCc2cc3cc(C)ccc3[nH]c2=O)cc1. The number of anilines is 1. The molecule has 0 saturated carbocycles. The summed E-state index contributed by atoms with van der Waals surface area (Å²) in [5.41, 5.74) is 4.48. The molecular weight excluding hydrogens is 312 g/mol. The van der Waals surface area contributed by atoms with Gasteiger partial charge in [-0.25, -0.2) is 0 Å². The summed E-state index contributed by atoms with van der Waals surface area (Å²) in [5.74, 6) is -0.0898. The van der Waals surface area contributed by atoms with E-state index in [4.69, 9.17) is 0 Å². The molecule has 4 nitrogen and oxygen atoms in total. The number of aryl methyl sites for hydroxylation is 3. The van der Waals surface area contributed by atoms with Gasteiger partial charge in [0.15, 0.2) is 0 Å². The van der Waals surface area contributed by atoms with Crippen LogP contribution in [-0.2, 0) is 17.6 Å². The molecule has 2 N–H and O–H groups in total. The Bertz CT molecular complexity index is 956. The highest BCUT2D eigenvalue weighted by Crippen LogP contribution is 2.14. The van der Waals surface area contributed by atoms with E-state index in [1.807, 2.05) is 55.5 Å². The zero-order valence-corrected chi connectivity index (χ0v) is 14.6. The Balaban J connectivity index is 1.67. The van der Waals surface area contributed by atoms with Crippen LogP contribution in [0, 0.1) is 6.92 Å². The fourth-order valence-electron chi connectivity index (χ4n) is 2.85. The van der Waals surface area contributed by atoms with E-state index in [9.17, 15) is 9.59 Å². The highest BCUT2D eigenvalue weighted by Gasteiger charge is 2.07. The lowest BCUT2D eigenvalue weighted by molar-refractivity contribution is -0.116. The Labute approximate surface area is 146 Å². The maximum absolute atomic E-state index is 12.2. The van der Waals surface area contributed by atoms with Gasteiger partial charge in [0, 0.05) is 23.2 Å². The lowest BCUT2D eigenvalue weighted by Gasteiger charge is -2.07. The normalized spacial score (nSPS) is 10.8. The van der Waals surface area contributed by atoms with Crippen LogP contribution in [0.5, 0.6) is 0 Å². The van der Waals surface area contributed by atoms with Crippen LogP contribution in [0.3, 0.4) is 0 Å². The minimum absolute atomic E-state index is 0.0898. The lowest BCUT2D eigenvalue weighted by Crippen LogP contribution is -2.17. The number of benzene rings is 2. The molecule has 0 radical (unpaired) electrons. The first-order valence-electron chi connectivity index (χ1n) is 8.56. The van der Waals surface area contributed by atoms with Gasteiger partial charge in [-0.3, -0.25) is 9.59 Å². The van der Waals surface area contributed by atoms with Crippen LogP contribution in [0.25, 0.3) is 10.9 Å². The Kier molecular flexibility index (Phi) is 4.98.